The summed E-state index contributed by atoms with van der Waals surface area (Å²) >= 11 is 3.36. The number of hydrogen-bond donors (Lipinski definition) is 1. The fourth-order valence-electron chi connectivity index (χ4n) is 1.69. The topological polar surface area (TPSA) is 60.1 Å². The molecule has 0 spiro atoms. The molecule has 0 aliphatic heterocycles. The Labute approximate surface area is 113 Å². The van der Waals surface area contributed by atoms with Crippen LogP contribution in [0.25, 0.3) is 0 Å². The van der Waals surface area contributed by atoms with Gasteiger partial charge in [-0.25, -0.2) is 0 Å². The second-order valence-electron chi connectivity index (χ2n) is 3.94. The van der Waals surface area contributed by atoms with Crippen LogP contribution in [0, 0.1) is 6.92 Å². The van der Waals surface area contributed by atoms with Crippen molar-refractivity contribution in [2.75, 3.05) is 0 Å². The maximum Gasteiger partial charge on any atom is 0.268 e. The van der Waals surface area contributed by atoms with E-state index in [4.69, 9.17) is 4.52 Å². The summed E-state index contributed by atoms with van der Waals surface area (Å²) < 4.78 is 7.72. The smallest absolute Gasteiger partial charge is 0.268 e. The molecule has 2 aromatic heterocycles. The molecule has 2 aromatic rings. The number of amides is 1. The molecular weight excluding hydrogens is 298 g/mol. The van der Waals surface area contributed by atoms with Crippen molar-refractivity contribution in [2.45, 2.75) is 26.9 Å². The molecule has 0 aliphatic rings. The Hall–Kier alpha value is -1.56. The third kappa shape index (κ3) is 2.81. The minimum atomic E-state index is -0.122. The van der Waals surface area contributed by atoms with E-state index in [1.165, 1.54) is 0 Å². The molecule has 0 atom stereocenters. The van der Waals surface area contributed by atoms with Gasteiger partial charge in [0.2, 0.25) is 0 Å². The molecule has 1 N–H and O–H groups in total. The molecule has 0 saturated heterocycles. The van der Waals surface area contributed by atoms with E-state index in [0.717, 1.165) is 22.5 Å². The molecule has 0 unspecified atom stereocenters. The highest BCUT2D eigenvalue weighted by Crippen LogP contribution is 2.15. The van der Waals surface area contributed by atoms with E-state index in [1.807, 2.05) is 24.6 Å². The first-order valence-electron chi connectivity index (χ1n) is 5.66. The van der Waals surface area contributed by atoms with Gasteiger partial charge in [0.1, 0.15) is 17.1 Å². The monoisotopic (exact) mass is 311 g/mol. The van der Waals surface area contributed by atoms with Crippen LogP contribution in [0.15, 0.2) is 27.3 Å². The maximum absolute atomic E-state index is 12.0. The standard InChI is InChI=1S/C12H14BrN3O2/c1-3-16-7-9(13)5-11(16)12(17)14-6-10-4-8(2)18-15-10/h4-5,7H,3,6H2,1-2H3,(H,14,17). The molecule has 0 aromatic carbocycles. The maximum atomic E-state index is 12.0. The Kier molecular flexibility index (Phi) is 3.86. The second kappa shape index (κ2) is 5.39. The Morgan fingerprint density at radius 3 is 2.94 bits per heavy atom. The van der Waals surface area contributed by atoms with E-state index in [2.05, 4.69) is 26.4 Å². The highest BCUT2D eigenvalue weighted by molar-refractivity contribution is 9.10. The van der Waals surface area contributed by atoms with Gasteiger partial charge in [-0.05, 0) is 35.8 Å². The van der Waals surface area contributed by atoms with Crippen LogP contribution in [0.4, 0.5) is 0 Å². The number of nitrogens with zero attached hydrogens (tertiary/aromatic N) is 2. The number of aromatic nitrogens is 2. The van der Waals surface area contributed by atoms with Gasteiger partial charge >= 0.3 is 0 Å². The minimum absolute atomic E-state index is 0.122. The molecule has 0 bridgehead atoms. The molecule has 6 heteroatoms. The Morgan fingerprint density at radius 1 is 1.56 bits per heavy atom. The first-order chi connectivity index (χ1) is 8.60. The number of rotatable bonds is 4. The number of carbonyl (C=O) groups is 1. The average molecular weight is 312 g/mol. The summed E-state index contributed by atoms with van der Waals surface area (Å²) in [6, 6.07) is 3.60. The summed E-state index contributed by atoms with van der Waals surface area (Å²) in [6.07, 6.45) is 1.88. The lowest BCUT2D eigenvalue weighted by atomic mass is 10.3. The summed E-state index contributed by atoms with van der Waals surface area (Å²) in [5, 5.41) is 6.64. The fraction of sp³-hybridized carbons (Fsp3) is 0.333. The molecule has 1 amide bonds. The van der Waals surface area contributed by atoms with Crippen molar-refractivity contribution in [1.82, 2.24) is 15.0 Å². The van der Waals surface area contributed by atoms with E-state index in [9.17, 15) is 4.79 Å². The summed E-state index contributed by atoms with van der Waals surface area (Å²) in [5.74, 6) is 0.613. The van der Waals surface area contributed by atoms with Crippen molar-refractivity contribution < 1.29 is 9.32 Å². The lowest BCUT2D eigenvalue weighted by Gasteiger charge is -2.06. The first kappa shape index (κ1) is 12.9. The van der Waals surface area contributed by atoms with Gasteiger partial charge in [0.05, 0.1) is 6.54 Å². The Balaban J connectivity index is 2.03. The van der Waals surface area contributed by atoms with Gasteiger partial charge in [0.25, 0.3) is 5.91 Å². The van der Waals surface area contributed by atoms with Crippen molar-refractivity contribution in [3.05, 3.63) is 40.0 Å². The van der Waals surface area contributed by atoms with Gasteiger partial charge < -0.3 is 14.4 Å². The third-order valence-electron chi connectivity index (χ3n) is 2.54. The van der Waals surface area contributed by atoms with E-state index >= 15 is 0 Å². The van der Waals surface area contributed by atoms with Crippen LogP contribution in [0.2, 0.25) is 0 Å². The summed E-state index contributed by atoms with van der Waals surface area (Å²) in [5.41, 5.74) is 1.35. The lowest BCUT2D eigenvalue weighted by molar-refractivity contribution is 0.0941. The zero-order valence-corrected chi connectivity index (χ0v) is 11.8. The Morgan fingerprint density at radius 2 is 2.33 bits per heavy atom. The minimum Gasteiger partial charge on any atom is -0.361 e. The van der Waals surface area contributed by atoms with Crippen LogP contribution < -0.4 is 5.32 Å². The fourth-order valence-corrected chi connectivity index (χ4v) is 2.15. The van der Waals surface area contributed by atoms with Gasteiger partial charge in [0, 0.05) is 23.3 Å². The summed E-state index contributed by atoms with van der Waals surface area (Å²) in [7, 11) is 0. The molecule has 0 radical (unpaired) electrons. The predicted molar refractivity (Wildman–Crippen MR) is 70.2 cm³/mol. The van der Waals surface area contributed by atoms with E-state index in [1.54, 1.807) is 12.1 Å². The van der Waals surface area contributed by atoms with E-state index in [0.29, 0.717) is 12.2 Å². The largest absolute Gasteiger partial charge is 0.361 e. The van der Waals surface area contributed by atoms with E-state index in [-0.39, 0.29) is 5.91 Å². The number of aryl methyl sites for hydroxylation is 2. The van der Waals surface area contributed by atoms with Crippen LogP contribution in [0.1, 0.15) is 28.9 Å². The first-order valence-corrected chi connectivity index (χ1v) is 6.45. The molecule has 0 fully saturated rings. The van der Waals surface area contributed by atoms with Gasteiger partial charge in [-0.3, -0.25) is 4.79 Å². The van der Waals surface area contributed by atoms with Crippen molar-refractivity contribution in [1.29, 1.82) is 0 Å². The molecule has 2 rings (SSSR count). The quantitative estimate of drug-likeness (QED) is 0.943. The highest BCUT2D eigenvalue weighted by Gasteiger charge is 2.12. The summed E-state index contributed by atoms with van der Waals surface area (Å²) in [4.78, 5) is 12.0. The van der Waals surface area contributed by atoms with E-state index < -0.39 is 0 Å². The van der Waals surface area contributed by atoms with Gasteiger partial charge in [0.15, 0.2) is 0 Å². The molecular formula is C12H14BrN3O2. The van der Waals surface area contributed by atoms with Gasteiger partial charge in [-0.2, -0.15) is 0 Å². The zero-order valence-electron chi connectivity index (χ0n) is 10.2. The van der Waals surface area contributed by atoms with Gasteiger partial charge in [-0.15, -0.1) is 0 Å². The molecule has 96 valence electrons. The van der Waals surface area contributed by atoms with Gasteiger partial charge in [-0.1, -0.05) is 5.16 Å². The van der Waals surface area contributed by atoms with Crippen LogP contribution >= 0.6 is 15.9 Å². The summed E-state index contributed by atoms with van der Waals surface area (Å²) in [6.45, 7) is 4.92. The molecule has 0 aliphatic carbocycles. The normalized spacial score (nSPS) is 10.6. The number of nitrogens with one attached hydrogen (secondary N) is 1. The van der Waals surface area contributed by atoms with Crippen LogP contribution in [0.5, 0.6) is 0 Å². The Bertz CT molecular complexity index is 559. The van der Waals surface area contributed by atoms with Crippen LogP contribution in [-0.4, -0.2) is 15.6 Å². The number of halogens is 1. The van der Waals surface area contributed by atoms with Crippen molar-refractivity contribution in [3.8, 4) is 0 Å². The molecule has 0 saturated carbocycles. The number of hydrogen-bond acceptors (Lipinski definition) is 3. The third-order valence-corrected chi connectivity index (χ3v) is 2.98. The molecule has 18 heavy (non-hydrogen) atoms. The van der Waals surface area contributed by atoms with Crippen molar-refractivity contribution in [2.24, 2.45) is 0 Å². The zero-order chi connectivity index (χ0) is 13.1. The van der Waals surface area contributed by atoms with Crippen LogP contribution in [0.3, 0.4) is 0 Å². The second-order valence-corrected chi connectivity index (χ2v) is 4.86. The lowest BCUT2D eigenvalue weighted by Crippen LogP contribution is -2.25. The molecule has 5 nitrogen and oxygen atoms in total. The predicted octanol–water partition coefficient (Wildman–Crippen LogP) is 2.50. The molecule has 2 heterocycles. The van der Waals surface area contributed by atoms with Crippen molar-refractivity contribution in [3.63, 3.8) is 0 Å². The van der Waals surface area contributed by atoms with Crippen LogP contribution in [-0.2, 0) is 13.1 Å². The highest BCUT2D eigenvalue weighted by atomic mass is 79.9. The SMILES string of the molecule is CCn1cc(Br)cc1C(=O)NCc1cc(C)on1. The number of carbonyl (C=O) groups excluding carboxylic acids is 1. The van der Waals surface area contributed by atoms with Crippen molar-refractivity contribution >= 4 is 21.8 Å². The average Bonchev–Trinajstić information content (AvgIpc) is 2.92.